The number of unbranched alkanes of at least 4 members (excludes halogenated alkanes) is 1. The van der Waals surface area contributed by atoms with Gasteiger partial charge in [-0.2, -0.15) is 4.98 Å². The highest BCUT2D eigenvalue weighted by atomic mass is 16.5. The second kappa shape index (κ2) is 8.36. The Morgan fingerprint density at radius 1 is 1.22 bits per heavy atom. The van der Waals surface area contributed by atoms with Crippen LogP contribution in [-0.4, -0.2) is 29.7 Å². The van der Waals surface area contributed by atoms with Crippen molar-refractivity contribution < 1.29 is 4.74 Å². The molecule has 5 heteroatoms. The molecule has 1 heterocycles. The molecule has 2 rings (SSSR count). The van der Waals surface area contributed by atoms with Crippen LogP contribution in [0.15, 0.2) is 36.5 Å². The van der Waals surface area contributed by atoms with Gasteiger partial charge in [0, 0.05) is 19.8 Å². The molecule has 0 fully saturated rings. The zero-order chi connectivity index (χ0) is 16.7. The van der Waals surface area contributed by atoms with Crippen LogP contribution in [0.25, 0.3) is 0 Å². The number of para-hydroxylation sites is 2. The Morgan fingerprint density at radius 3 is 2.74 bits per heavy atom. The lowest BCUT2D eigenvalue weighted by Crippen LogP contribution is -2.21. The smallest absolute Gasteiger partial charge is 0.227 e. The minimum Gasteiger partial charge on any atom is -0.489 e. The van der Waals surface area contributed by atoms with Gasteiger partial charge in [-0.15, -0.1) is 0 Å². The zero-order valence-electron chi connectivity index (χ0n) is 14.4. The maximum Gasteiger partial charge on any atom is 0.227 e. The average molecular weight is 314 g/mol. The number of anilines is 3. The van der Waals surface area contributed by atoms with Crippen molar-refractivity contribution in [1.29, 1.82) is 0 Å². The van der Waals surface area contributed by atoms with E-state index in [9.17, 15) is 0 Å². The minimum atomic E-state index is 0.124. The van der Waals surface area contributed by atoms with Gasteiger partial charge in [0.2, 0.25) is 5.95 Å². The lowest BCUT2D eigenvalue weighted by atomic mass is 10.3. The second-order valence-corrected chi connectivity index (χ2v) is 5.80. The first-order valence-electron chi connectivity index (χ1n) is 8.17. The molecule has 0 unspecified atom stereocenters. The van der Waals surface area contributed by atoms with Crippen LogP contribution < -0.4 is 15.0 Å². The van der Waals surface area contributed by atoms with E-state index in [1.807, 2.05) is 51.2 Å². The third kappa shape index (κ3) is 5.13. The van der Waals surface area contributed by atoms with Crippen LogP contribution in [0, 0.1) is 0 Å². The Morgan fingerprint density at radius 2 is 2.00 bits per heavy atom. The molecule has 0 aliphatic rings. The molecule has 0 saturated carbocycles. The van der Waals surface area contributed by atoms with E-state index in [0.29, 0.717) is 0 Å². The summed E-state index contributed by atoms with van der Waals surface area (Å²) >= 11 is 0. The summed E-state index contributed by atoms with van der Waals surface area (Å²) in [5, 5.41) is 3.33. The van der Waals surface area contributed by atoms with Gasteiger partial charge >= 0.3 is 0 Å². The molecule has 1 aromatic carbocycles. The summed E-state index contributed by atoms with van der Waals surface area (Å²) in [4.78, 5) is 11.0. The van der Waals surface area contributed by atoms with E-state index < -0.39 is 0 Å². The van der Waals surface area contributed by atoms with Gasteiger partial charge in [-0.1, -0.05) is 25.5 Å². The summed E-state index contributed by atoms with van der Waals surface area (Å²) in [6.07, 6.45) is 4.18. The van der Waals surface area contributed by atoms with Crippen LogP contribution in [-0.2, 0) is 0 Å². The Bertz CT molecular complexity index is 615. The van der Waals surface area contributed by atoms with Gasteiger partial charge in [0.05, 0.1) is 11.8 Å². The van der Waals surface area contributed by atoms with Gasteiger partial charge in [-0.3, -0.25) is 0 Å². The molecule has 0 bridgehead atoms. The van der Waals surface area contributed by atoms with Crippen LogP contribution in [0.2, 0.25) is 0 Å². The Labute approximate surface area is 138 Å². The van der Waals surface area contributed by atoms with Gasteiger partial charge < -0.3 is 15.0 Å². The fourth-order valence-electron chi connectivity index (χ4n) is 2.16. The number of benzene rings is 1. The first kappa shape index (κ1) is 17.1. The van der Waals surface area contributed by atoms with Crippen molar-refractivity contribution in [3.05, 3.63) is 36.5 Å². The average Bonchev–Trinajstić information content (AvgIpc) is 2.54. The molecule has 0 amide bonds. The third-order valence-electron chi connectivity index (χ3n) is 3.34. The lowest BCUT2D eigenvalue weighted by molar-refractivity contribution is 0.244. The second-order valence-electron chi connectivity index (χ2n) is 5.80. The van der Waals surface area contributed by atoms with Crippen molar-refractivity contribution in [2.45, 2.75) is 39.7 Å². The van der Waals surface area contributed by atoms with Gasteiger partial charge in [0.1, 0.15) is 11.6 Å². The summed E-state index contributed by atoms with van der Waals surface area (Å²) in [6.45, 7) is 7.16. The molecule has 124 valence electrons. The molecule has 0 radical (unpaired) electrons. The van der Waals surface area contributed by atoms with Gasteiger partial charge in [-0.25, -0.2) is 4.98 Å². The zero-order valence-corrected chi connectivity index (χ0v) is 14.4. The monoisotopic (exact) mass is 314 g/mol. The van der Waals surface area contributed by atoms with Crippen LogP contribution in [0.3, 0.4) is 0 Å². The molecule has 5 nitrogen and oxygen atoms in total. The number of nitrogens with zero attached hydrogens (tertiary/aromatic N) is 3. The highest BCUT2D eigenvalue weighted by molar-refractivity contribution is 5.64. The Kier molecular flexibility index (Phi) is 6.20. The normalized spacial score (nSPS) is 10.7. The predicted molar refractivity (Wildman–Crippen MR) is 95.7 cm³/mol. The van der Waals surface area contributed by atoms with Gasteiger partial charge in [0.15, 0.2) is 0 Å². The first-order chi connectivity index (χ1) is 11.1. The topological polar surface area (TPSA) is 50.3 Å². The number of ether oxygens (including phenoxy) is 1. The maximum absolute atomic E-state index is 5.83. The van der Waals surface area contributed by atoms with E-state index in [2.05, 4.69) is 27.1 Å². The molecule has 2 aromatic rings. The van der Waals surface area contributed by atoms with Crippen molar-refractivity contribution in [3.63, 3.8) is 0 Å². The predicted octanol–water partition coefficient (Wildman–Crippen LogP) is 4.24. The molecule has 0 aliphatic carbocycles. The molecule has 1 N–H and O–H groups in total. The van der Waals surface area contributed by atoms with E-state index in [-0.39, 0.29) is 6.10 Å². The van der Waals surface area contributed by atoms with Gasteiger partial charge in [0.25, 0.3) is 0 Å². The maximum atomic E-state index is 5.83. The van der Waals surface area contributed by atoms with Crippen LogP contribution >= 0.6 is 0 Å². The van der Waals surface area contributed by atoms with E-state index in [0.717, 1.165) is 42.6 Å². The van der Waals surface area contributed by atoms with Crippen molar-refractivity contribution >= 4 is 17.5 Å². The van der Waals surface area contributed by atoms with Crippen molar-refractivity contribution in [2.24, 2.45) is 0 Å². The Hall–Kier alpha value is -2.30. The van der Waals surface area contributed by atoms with Gasteiger partial charge in [-0.05, 0) is 38.5 Å². The molecule has 0 aliphatic heterocycles. The standard InChI is InChI=1S/C18H26N4O/c1-5-6-13-22(4)18-19-12-11-17(21-18)20-15-9-7-8-10-16(15)23-14(2)3/h7-12,14H,5-6,13H2,1-4H3,(H,19,20,21). The van der Waals surface area contributed by atoms with Crippen molar-refractivity contribution in [1.82, 2.24) is 9.97 Å². The summed E-state index contributed by atoms with van der Waals surface area (Å²) in [5.41, 5.74) is 0.905. The lowest BCUT2D eigenvalue weighted by Gasteiger charge is -2.18. The van der Waals surface area contributed by atoms with Crippen LogP contribution in [0.1, 0.15) is 33.6 Å². The van der Waals surface area contributed by atoms with E-state index in [1.54, 1.807) is 6.20 Å². The molecular formula is C18H26N4O. The van der Waals surface area contributed by atoms with E-state index in [4.69, 9.17) is 4.74 Å². The van der Waals surface area contributed by atoms with Crippen LogP contribution in [0.4, 0.5) is 17.5 Å². The third-order valence-corrected chi connectivity index (χ3v) is 3.34. The molecule has 0 spiro atoms. The highest BCUT2D eigenvalue weighted by Crippen LogP contribution is 2.27. The number of nitrogens with one attached hydrogen (secondary N) is 1. The molecular weight excluding hydrogens is 288 g/mol. The van der Waals surface area contributed by atoms with Crippen molar-refractivity contribution in [2.75, 3.05) is 23.8 Å². The van der Waals surface area contributed by atoms with E-state index in [1.165, 1.54) is 0 Å². The number of rotatable bonds is 8. The van der Waals surface area contributed by atoms with Crippen LogP contribution in [0.5, 0.6) is 5.75 Å². The molecule has 1 aromatic heterocycles. The fraction of sp³-hybridized carbons (Fsp3) is 0.444. The van der Waals surface area contributed by atoms with E-state index >= 15 is 0 Å². The summed E-state index contributed by atoms with van der Waals surface area (Å²) in [6, 6.07) is 9.75. The summed E-state index contributed by atoms with van der Waals surface area (Å²) in [5.74, 6) is 2.31. The number of hydrogen-bond donors (Lipinski definition) is 1. The summed E-state index contributed by atoms with van der Waals surface area (Å²) in [7, 11) is 2.02. The fourth-order valence-corrected chi connectivity index (χ4v) is 2.16. The largest absolute Gasteiger partial charge is 0.489 e. The molecule has 23 heavy (non-hydrogen) atoms. The summed E-state index contributed by atoms with van der Waals surface area (Å²) < 4.78 is 5.83. The molecule has 0 atom stereocenters. The first-order valence-corrected chi connectivity index (χ1v) is 8.17. The molecule has 0 saturated heterocycles. The quantitative estimate of drug-likeness (QED) is 0.789. The minimum absolute atomic E-state index is 0.124. The number of hydrogen-bond acceptors (Lipinski definition) is 5. The van der Waals surface area contributed by atoms with Crippen molar-refractivity contribution in [3.8, 4) is 5.75 Å². The number of aromatic nitrogens is 2. The highest BCUT2D eigenvalue weighted by Gasteiger charge is 2.08. The Balaban J connectivity index is 2.14. The SMILES string of the molecule is CCCCN(C)c1nccc(Nc2ccccc2OC(C)C)n1.